The van der Waals surface area contributed by atoms with Crippen molar-refractivity contribution in [3.8, 4) is 0 Å². The van der Waals surface area contributed by atoms with Crippen molar-refractivity contribution in [3.63, 3.8) is 0 Å². The van der Waals surface area contributed by atoms with Crippen LogP contribution in [0.2, 0.25) is 0 Å². The van der Waals surface area contributed by atoms with Crippen LogP contribution in [0.3, 0.4) is 0 Å². The van der Waals surface area contributed by atoms with Crippen LogP contribution >= 0.6 is 12.6 Å². The van der Waals surface area contributed by atoms with Crippen LogP contribution in [0.5, 0.6) is 0 Å². The molecule has 0 atom stereocenters. The van der Waals surface area contributed by atoms with Crippen LogP contribution in [0.15, 0.2) is 0 Å². The zero-order chi connectivity index (χ0) is 8.57. The fourth-order valence-electron chi connectivity index (χ4n) is 0.0913. The third-order valence-electron chi connectivity index (χ3n) is 0.316. The maximum atomic E-state index is 9.44. The van der Waals surface area contributed by atoms with Gasteiger partial charge in [0.1, 0.15) is 0 Å². The molecular formula is C5H8O3S2-2. The highest BCUT2D eigenvalue weighted by molar-refractivity contribution is 7.80. The summed E-state index contributed by atoms with van der Waals surface area (Å²) < 4.78 is 0. The van der Waals surface area contributed by atoms with E-state index in [9.17, 15) is 14.7 Å². The molecule has 0 saturated heterocycles. The van der Waals surface area contributed by atoms with E-state index < -0.39 is 5.97 Å². The number of carboxylic acids is 1. The van der Waals surface area contributed by atoms with Crippen molar-refractivity contribution >= 4 is 36.3 Å². The summed E-state index contributed by atoms with van der Waals surface area (Å²) in [5.41, 5.74) is 0. The lowest BCUT2D eigenvalue weighted by Gasteiger charge is -1.91. The van der Waals surface area contributed by atoms with Crippen LogP contribution in [0.1, 0.15) is 13.3 Å². The summed E-state index contributed by atoms with van der Waals surface area (Å²) in [5.74, 6) is -0.674. The van der Waals surface area contributed by atoms with Crippen LogP contribution < -0.4 is 5.11 Å². The SMILES string of the molecule is CC(=O)[S-].O=C([O-])CCS. The maximum Gasteiger partial charge on any atom is 0.0422 e. The molecular weight excluding hydrogens is 172 g/mol. The van der Waals surface area contributed by atoms with Gasteiger partial charge in [0.2, 0.25) is 0 Å². The van der Waals surface area contributed by atoms with Crippen molar-refractivity contribution < 1.29 is 14.7 Å². The zero-order valence-corrected chi connectivity index (χ0v) is 7.21. The van der Waals surface area contributed by atoms with Gasteiger partial charge in [-0.3, -0.25) is 0 Å². The van der Waals surface area contributed by atoms with Crippen LogP contribution in [-0.4, -0.2) is 16.8 Å². The summed E-state index contributed by atoms with van der Waals surface area (Å²) in [4.78, 5) is 18.7. The van der Waals surface area contributed by atoms with E-state index in [0.29, 0.717) is 5.75 Å². The van der Waals surface area contributed by atoms with Gasteiger partial charge in [-0.25, -0.2) is 0 Å². The molecule has 0 spiro atoms. The summed E-state index contributed by atoms with van der Waals surface area (Å²) in [6, 6.07) is 0. The van der Waals surface area contributed by atoms with Crippen molar-refractivity contribution in [2.24, 2.45) is 0 Å². The molecule has 10 heavy (non-hydrogen) atoms. The highest BCUT2D eigenvalue weighted by atomic mass is 32.1. The van der Waals surface area contributed by atoms with Gasteiger partial charge in [-0.2, -0.15) is 12.6 Å². The molecule has 0 aliphatic heterocycles. The van der Waals surface area contributed by atoms with Gasteiger partial charge in [0.15, 0.2) is 0 Å². The molecule has 0 bridgehead atoms. The average Bonchev–Trinajstić information content (AvgIpc) is 1.62. The van der Waals surface area contributed by atoms with Gasteiger partial charge < -0.3 is 27.3 Å². The standard InChI is InChI=1S/C3H6O2S.C2H4OS/c4-3(5)1-2-6;1-2(3)4/h6H,1-2H2,(H,4,5);1H3,(H,3,4)/p-2. The van der Waals surface area contributed by atoms with E-state index in [1.54, 1.807) is 0 Å². The lowest BCUT2D eigenvalue weighted by Crippen LogP contribution is -2.21. The van der Waals surface area contributed by atoms with E-state index in [2.05, 4.69) is 25.3 Å². The number of hydrogen-bond acceptors (Lipinski definition) is 5. The molecule has 0 aromatic heterocycles. The number of carbonyl (C=O) groups is 2. The van der Waals surface area contributed by atoms with Crippen molar-refractivity contribution in [1.82, 2.24) is 0 Å². The molecule has 0 radical (unpaired) electrons. The van der Waals surface area contributed by atoms with Crippen LogP contribution in [0.25, 0.3) is 0 Å². The van der Waals surface area contributed by atoms with Gasteiger partial charge in [-0.1, -0.05) is 0 Å². The Balaban J connectivity index is 0. The molecule has 0 heterocycles. The number of thiol groups is 1. The van der Waals surface area contributed by atoms with E-state index in [1.165, 1.54) is 6.92 Å². The van der Waals surface area contributed by atoms with Gasteiger partial charge >= 0.3 is 0 Å². The Labute approximate surface area is 70.6 Å². The molecule has 0 amide bonds. The molecule has 0 aliphatic carbocycles. The summed E-state index contributed by atoms with van der Waals surface area (Å²) in [6.45, 7) is 1.34. The molecule has 0 aromatic rings. The first kappa shape index (κ1) is 12.4. The van der Waals surface area contributed by atoms with Crippen molar-refractivity contribution in [2.45, 2.75) is 13.3 Å². The molecule has 0 aromatic carbocycles. The van der Waals surface area contributed by atoms with E-state index in [4.69, 9.17) is 0 Å². The van der Waals surface area contributed by atoms with Crippen LogP contribution in [-0.2, 0) is 22.2 Å². The topological polar surface area (TPSA) is 57.2 Å². The average molecular weight is 180 g/mol. The fourth-order valence-corrected chi connectivity index (χ4v) is 0.274. The highest BCUT2D eigenvalue weighted by Crippen LogP contribution is 1.77. The first-order chi connectivity index (χ1) is 4.50. The second kappa shape index (κ2) is 8.71. The smallest absolute Gasteiger partial charge is 0.0422 e. The number of carbonyl (C=O) groups excluding carboxylic acids is 2. The lowest BCUT2D eigenvalue weighted by molar-refractivity contribution is -0.305. The van der Waals surface area contributed by atoms with Gasteiger partial charge in [-0.05, 0) is 19.1 Å². The molecule has 0 saturated carbocycles. The maximum absolute atomic E-state index is 9.44. The summed E-state index contributed by atoms with van der Waals surface area (Å²) in [5, 5.41) is 9.19. The third kappa shape index (κ3) is 47.3. The number of aliphatic carboxylic acids is 1. The van der Waals surface area contributed by atoms with E-state index in [-0.39, 0.29) is 11.5 Å². The lowest BCUT2D eigenvalue weighted by atomic mass is 10.5. The molecule has 60 valence electrons. The molecule has 5 heteroatoms. The molecule has 3 nitrogen and oxygen atoms in total. The molecule has 0 rings (SSSR count). The fraction of sp³-hybridized carbons (Fsp3) is 0.600. The Morgan fingerprint density at radius 3 is 1.90 bits per heavy atom. The second-order valence-electron chi connectivity index (χ2n) is 1.34. The number of hydrogen-bond donors (Lipinski definition) is 1. The van der Waals surface area contributed by atoms with Gasteiger partial charge in [0.05, 0.1) is 0 Å². The Morgan fingerprint density at radius 2 is 1.90 bits per heavy atom. The normalized spacial score (nSPS) is 7.40. The summed E-state index contributed by atoms with van der Waals surface area (Å²) in [6.07, 6.45) is 0.0448. The Morgan fingerprint density at radius 1 is 1.60 bits per heavy atom. The van der Waals surface area contributed by atoms with E-state index >= 15 is 0 Å². The predicted octanol–water partition coefficient (Wildman–Crippen LogP) is -0.864. The molecule has 0 N–H and O–H groups in total. The van der Waals surface area contributed by atoms with E-state index in [1.807, 2.05) is 0 Å². The third-order valence-corrected chi connectivity index (χ3v) is 0.540. The Kier molecular flexibility index (Phi) is 10.8. The minimum atomic E-state index is -1.04. The monoisotopic (exact) mass is 180 g/mol. The quantitative estimate of drug-likeness (QED) is 0.443. The highest BCUT2D eigenvalue weighted by Gasteiger charge is 1.75. The molecule has 0 unspecified atom stereocenters. The van der Waals surface area contributed by atoms with Crippen molar-refractivity contribution in [2.75, 3.05) is 5.75 Å². The molecule has 0 fully saturated rings. The summed E-state index contributed by atoms with van der Waals surface area (Å²) >= 11 is 7.62. The van der Waals surface area contributed by atoms with Crippen molar-refractivity contribution in [1.29, 1.82) is 0 Å². The number of carboxylic acid groups (broad SMARTS) is 1. The van der Waals surface area contributed by atoms with Crippen molar-refractivity contribution in [3.05, 3.63) is 0 Å². The minimum absolute atomic E-state index is 0.0448. The Bertz CT molecular complexity index is 109. The zero-order valence-electron chi connectivity index (χ0n) is 5.49. The van der Waals surface area contributed by atoms with E-state index in [0.717, 1.165) is 0 Å². The second-order valence-corrected chi connectivity index (χ2v) is 2.36. The first-order valence-corrected chi connectivity index (χ1v) is 3.53. The van der Waals surface area contributed by atoms with Gasteiger partial charge in [0.25, 0.3) is 0 Å². The largest absolute Gasteiger partial charge is 0.742 e. The van der Waals surface area contributed by atoms with Crippen LogP contribution in [0.4, 0.5) is 0 Å². The van der Waals surface area contributed by atoms with Gasteiger partial charge in [-0.15, -0.1) is 0 Å². The van der Waals surface area contributed by atoms with Gasteiger partial charge in [0, 0.05) is 11.1 Å². The molecule has 0 aliphatic rings. The predicted molar refractivity (Wildman–Crippen MR) is 41.5 cm³/mol. The van der Waals surface area contributed by atoms with Crippen LogP contribution in [0, 0.1) is 0 Å². The Hall–Kier alpha value is -0.290. The first-order valence-electron chi connectivity index (χ1n) is 2.49. The number of rotatable bonds is 2. The minimum Gasteiger partial charge on any atom is -0.742 e. The summed E-state index contributed by atoms with van der Waals surface area (Å²) in [7, 11) is 0.